The SMILES string of the molecule is Cc1ccc(CC(=O)N2CCN(C(C)C(=O)Nc3cccc4ccccc34)CC2)cc1. The van der Waals surface area contributed by atoms with E-state index >= 15 is 0 Å². The number of amides is 2. The van der Waals surface area contributed by atoms with Gasteiger partial charge in [-0.1, -0.05) is 66.2 Å². The fraction of sp³-hybridized carbons (Fsp3) is 0.308. The molecule has 160 valence electrons. The second kappa shape index (κ2) is 9.31. The number of benzene rings is 3. The minimum atomic E-state index is -0.256. The van der Waals surface area contributed by atoms with Crippen LogP contribution in [0.1, 0.15) is 18.1 Å². The summed E-state index contributed by atoms with van der Waals surface area (Å²) in [7, 11) is 0. The first kappa shape index (κ1) is 21.1. The van der Waals surface area contributed by atoms with Gasteiger partial charge in [-0.3, -0.25) is 14.5 Å². The molecule has 1 N–H and O–H groups in total. The van der Waals surface area contributed by atoms with Crippen LogP contribution in [-0.2, 0) is 16.0 Å². The molecule has 5 heteroatoms. The molecule has 1 aliphatic rings. The Labute approximate surface area is 183 Å². The van der Waals surface area contributed by atoms with E-state index in [2.05, 4.69) is 10.2 Å². The van der Waals surface area contributed by atoms with Crippen LogP contribution in [0.3, 0.4) is 0 Å². The molecule has 1 saturated heterocycles. The van der Waals surface area contributed by atoms with E-state index < -0.39 is 0 Å². The Hall–Kier alpha value is -3.18. The van der Waals surface area contributed by atoms with Crippen LogP contribution < -0.4 is 5.32 Å². The Kier molecular flexibility index (Phi) is 6.33. The van der Waals surface area contributed by atoms with E-state index in [0.717, 1.165) is 22.0 Å². The molecule has 0 saturated carbocycles. The predicted octanol–water partition coefficient (Wildman–Crippen LogP) is 3.86. The van der Waals surface area contributed by atoms with Crippen LogP contribution in [-0.4, -0.2) is 53.8 Å². The maximum absolute atomic E-state index is 12.9. The summed E-state index contributed by atoms with van der Waals surface area (Å²) in [5.74, 6) is 0.132. The van der Waals surface area contributed by atoms with E-state index in [-0.39, 0.29) is 17.9 Å². The summed E-state index contributed by atoms with van der Waals surface area (Å²) < 4.78 is 0. The molecule has 1 atom stereocenters. The number of hydrogen-bond donors (Lipinski definition) is 1. The van der Waals surface area contributed by atoms with Gasteiger partial charge in [0.2, 0.25) is 11.8 Å². The Morgan fingerprint density at radius 1 is 0.903 bits per heavy atom. The molecule has 0 radical (unpaired) electrons. The molecule has 0 aliphatic carbocycles. The van der Waals surface area contributed by atoms with Crippen molar-refractivity contribution in [2.45, 2.75) is 26.3 Å². The van der Waals surface area contributed by atoms with Gasteiger partial charge in [-0.05, 0) is 30.9 Å². The van der Waals surface area contributed by atoms with Crippen molar-refractivity contribution in [2.24, 2.45) is 0 Å². The molecule has 1 heterocycles. The van der Waals surface area contributed by atoms with Crippen LogP contribution in [0.25, 0.3) is 10.8 Å². The van der Waals surface area contributed by atoms with E-state index in [4.69, 9.17) is 0 Å². The van der Waals surface area contributed by atoms with Crippen LogP contribution in [0.5, 0.6) is 0 Å². The molecule has 4 rings (SSSR count). The van der Waals surface area contributed by atoms with Gasteiger partial charge in [-0.15, -0.1) is 0 Å². The van der Waals surface area contributed by atoms with Crippen LogP contribution in [0, 0.1) is 6.92 Å². The van der Waals surface area contributed by atoms with Gasteiger partial charge in [0.15, 0.2) is 0 Å². The third-order valence-corrected chi connectivity index (χ3v) is 6.12. The Balaban J connectivity index is 1.32. The number of nitrogens with one attached hydrogen (secondary N) is 1. The summed E-state index contributed by atoms with van der Waals surface area (Å²) in [4.78, 5) is 29.6. The van der Waals surface area contributed by atoms with Crippen molar-refractivity contribution >= 4 is 28.3 Å². The average molecular weight is 416 g/mol. The molecular formula is C26H29N3O2. The van der Waals surface area contributed by atoms with Crippen molar-refractivity contribution in [1.82, 2.24) is 9.80 Å². The fourth-order valence-electron chi connectivity index (χ4n) is 4.09. The summed E-state index contributed by atoms with van der Waals surface area (Å²) in [6.07, 6.45) is 0.428. The zero-order chi connectivity index (χ0) is 21.8. The van der Waals surface area contributed by atoms with Crippen molar-refractivity contribution in [3.63, 3.8) is 0 Å². The normalized spacial score (nSPS) is 15.6. The van der Waals surface area contributed by atoms with E-state index in [1.165, 1.54) is 5.56 Å². The fourth-order valence-corrected chi connectivity index (χ4v) is 4.09. The summed E-state index contributed by atoms with van der Waals surface area (Å²) in [6, 6.07) is 21.8. The largest absolute Gasteiger partial charge is 0.340 e. The minimum absolute atomic E-state index is 0.0178. The summed E-state index contributed by atoms with van der Waals surface area (Å²) in [5.41, 5.74) is 3.07. The first-order chi connectivity index (χ1) is 15.0. The van der Waals surface area contributed by atoms with E-state index in [9.17, 15) is 9.59 Å². The van der Waals surface area contributed by atoms with E-state index in [1.54, 1.807) is 0 Å². The summed E-state index contributed by atoms with van der Waals surface area (Å²) in [5, 5.41) is 5.24. The van der Waals surface area contributed by atoms with Crippen LogP contribution in [0.4, 0.5) is 5.69 Å². The van der Waals surface area contributed by atoms with Crippen molar-refractivity contribution < 1.29 is 9.59 Å². The number of piperazine rings is 1. The van der Waals surface area contributed by atoms with Gasteiger partial charge in [0, 0.05) is 37.3 Å². The van der Waals surface area contributed by atoms with Gasteiger partial charge in [0.25, 0.3) is 0 Å². The zero-order valence-electron chi connectivity index (χ0n) is 18.2. The lowest BCUT2D eigenvalue weighted by molar-refractivity contribution is -0.133. The van der Waals surface area contributed by atoms with Crippen molar-refractivity contribution in [3.05, 3.63) is 77.9 Å². The molecule has 3 aromatic carbocycles. The molecule has 1 unspecified atom stereocenters. The van der Waals surface area contributed by atoms with Gasteiger partial charge in [0.05, 0.1) is 12.5 Å². The Morgan fingerprint density at radius 2 is 1.58 bits per heavy atom. The quantitative estimate of drug-likeness (QED) is 0.688. The predicted molar refractivity (Wildman–Crippen MR) is 125 cm³/mol. The zero-order valence-corrected chi connectivity index (χ0v) is 18.2. The van der Waals surface area contributed by atoms with Crippen LogP contribution in [0.15, 0.2) is 66.7 Å². The monoisotopic (exact) mass is 415 g/mol. The lowest BCUT2D eigenvalue weighted by Crippen LogP contribution is -2.54. The summed E-state index contributed by atoms with van der Waals surface area (Å²) in [6.45, 7) is 6.67. The van der Waals surface area contributed by atoms with Gasteiger partial charge >= 0.3 is 0 Å². The minimum Gasteiger partial charge on any atom is -0.340 e. The molecule has 2 amide bonds. The number of anilines is 1. The number of fused-ring (bicyclic) bond motifs is 1. The highest BCUT2D eigenvalue weighted by Gasteiger charge is 2.27. The molecule has 3 aromatic rings. The van der Waals surface area contributed by atoms with Crippen molar-refractivity contribution in [1.29, 1.82) is 0 Å². The Morgan fingerprint density at radius 3 is 2.32 bits per heavy atom. The van der Waals surface area contributed by atoms with Crippen molar-refractivity contribution in [2.75, 3.05) is 31.5 Å². The molecule has 1 aliphatic heterocycles. The first-order valence-corrected chi connectivity index (χ1v) is 10.9. The van der Waals surface area contributed by atoms with Gasteiger partial charge < -0.3 is 10.2 Å². The van der Waals surface area contributed by atoms with Crippen molar-refractivity contribution in [3.8, 4) is 0 Å². The van der Waals surface area contributed by atoms with Gasteiger partial charge in [-0.25, -0.2) is 0 Å². The standard InChI is InChI=1S/C26H29N3O2/c1-19-10-12-21(13-11-19)18-25(30)29-16-14-28(15-17-29)20(2)26(31)27-24-9-5-7-22-6-3-4-8-23(22)24/h3-13,20H,14-18H2,1-2H3,(H,27,31). The van der Waals surface area contributed by atoms with E-state index in [1.807, 2.05) is 85.5 Å². The maximum atomic E-state index is 12.9. The number of carbonyl (C=O) groups excluding carboxylic acids is 2. The average Bonchev–Trinajstić information content (AvgIpc) is 2.80. The lowest BCUT2D eigenvalue weighted by atomic mass is 10.1. The third kappa shape index (κ3) is 4.94. The lowest BCUT2D eigenvalue weighted by Gasteiger charge is -2.37. The summed E-state index contributed by atoms with van der Waals surface area (Å²) >= 11 is 0. The molecule has 5 nitrogen and oxygen atoms in total. The van der Waals surface area contributed by atoms with Gasteiger partial charge in [-0.2, -0.15) is 0 Å². The molecule has 0 bridgehead atoms. The highest BCUT2D eigenvalue weighted by molar-refractivity contribution is 6.03. The van der Waals surface area contributed by atoms with Crippen LogP contribution >= 0.6 is 0 Å². The number of hydrogen-bond acceptors (Lipinski definition) is 3. The molecule has 1 fully saturated rings. The smallest absolute Gasteiger partial charge is 0.241 e. The molecule has 31 heavy (non-hydrogen) atoms. The number of nitrogens with zero attached hydrogens (tertiary/aromatic N) is 2. The third-order valence-electron chi connectivity index (χ3n) is 6.12. The highest BCUT2D eigenvalue weighted by atomic mass is 16.2. The molecule has 0 aromatic heterocycles. The second-order valence-corrected chi connectivity index (χ2v) is 8.27. The number of rotatable bonds is 5. The van der Waals surface area contributed by atoms with E-state index in [0.29, 0.717) is 32.6 Å². The second-order valence-electron chi connectivity index (χ2n) is 8.27. The molecule has 0 spiro atoms. The number of aryl methyl sites for hydroxylation is 1. The van der Waals surface area contributed by atoms with Crippen LogP contribution in [0.2, 0.25) is 0 Å². The Bertz CT molecular complexity index is 1060. The topological polar surface area (TPSA) is 52.7 Å². The molecular weight excluding hydrogens is 386 g/mol. The maximum Gasteiger partial charge on any atom is 0.241 e. The van der Waals surface area contributed by atoms with Gasteiger partial charge in [0.1, 0.15) is 0 Å². The first-order valence-electron chi connectivity index (χ1n) is 10.9. The highest BCUT2D eigenvalue weighted by Crippen LogP contribution is 2.23. The number of carbonyl (C=O) groups is 2.